The quantitative estimate of drug-likeness (QED) is 0.798. The van der Waals surface area contributed by atoms with Crippen LogP contribution >= 0.6 is 11.6 Å². The fraction of sp³-hybridized carbons (Fsp3) is 0.600. The lowest BCUT2D eigenvalue weighted by molar-refractivity contribution is -0.159. The number of likely N-dealkylation sites (tertiary alicyclic amines) is 1. The van der Waals surface area contributed by atoms with Gasteiger partial charge in [0.2, 0.25) is 5.91 Å². The molecule has 2 aliphatic rings. The molecule has 1 aromatic rings. The lowest BCUT2D eigenvalue weighted by atomic mass is 9.74. The average Bonchev–Trinajstić information content (AvgIpc) is 3.38. The second-order valence-corrected chi connectivity index (χ2v) is 8.20. The summed E-state index contributed by atoms with van der Waals surface area (Å²) in [5.74, 6) is -0.351. The largest absolute Gasteiger partial charge is 0.481 e. The maximum Gasteiger partial charge on any atom is 0.304 e. The second kappa shape index (κ2) is 6.99. The van der Waals surface area contributed by atoms with Crippen molar-refractivity contribution in [2.75, 3.05) is 0 Å². The highest BCUT2D eigenvalue weighted by Gasteiger charge is 2.50. The summed E-state index contributed by atoms with van der Waals surface area (Å²) in [5, 5.41) is 9.96. The van der Waals surface area contributed by atoms with E-state index < -0.39 is 11.4 Å². The number of nitrogens with zero attached hydrogens (tertiary/aromatic N) is 1. The Balaban J connectivity index is 1.96. The van der Waals surface area contributed by atoms with Gasteiger partial charge in [0.25, 0.3) is 0 Å². The Morgan fingerprint density at radius 2 is 1.96 bits per heavy atom. The zero-order valence-electron chi connectivity index (χ0n) is 14.9. The second-order valence-electron chi connectivity index (χ2n) is 7.76. The zero-order valence-corrected chi connectivity index (χ0v) is 15.6. The molecule has 5 heteroatoms. The molecule has 1 N–H and O–H groups in total. The first-order valence-electron chi connectivity index (χ1n) is 9.15. The van der Waals surface area contributed by atoms with E-state index in [4.69, 9.17) is 11.6 Å². The molecular formula is C20H26ClNO3. The van der Waals surface area contributed by atoms with Gasteiger partial charge in [0, 0.05) is 11.1 Å². The van der Waals surface area contributed by atoms with Crippen LogP contribution in [0.1, 0.15) is 64.0 Å². The van der Waals surface area contributed by atoms with Gasteiger partial charge in [-0.1, -0.05) is 37.6 Å². The van der Waals surface area contributed by atoms with Gasteiger partial charge in [-0.05, 0) is 55.7 Å². The number of piperidine rings is 1. The number of carboxylic acid groups (broad SMARTS) is 1. The molecule has 0 bridgehead atoms. The van der Waals surface area contributed by atoms with E-state index in [0.717, 1.165) is 31.2 Å². The van der Waals surface area contributed by atoms with Crippen LogP contribution in [0.3, 0.4) is 0 Å². The highest BCUT2D eigenvalue weighted by atomic mass is 35.5. The van der Waals surface area contributed by atoms with Crippen molar-refractivity contribution >= 4 is 23.5 Å². The average molecular weight is 364 g/mol. The zero-order chi connectivity index (χ0) is 18.2. The minimum Gasteiger partial charge on any atom is -0.481 e. The minimum atomic E-state index is -0.903. The smallest absolute Gasteiger partial charge is 0.304 e. The van der Waals surface area contributed by atoms with E-state index in [1.807, 2.05) is 36.1 Å². The summed E-state index contributed by atoms with van der Waals surface area (Å²) < 4.78 is 0. The minimum absolute atomic E-state index is 0.000139. The van der Waals surface area contributed by atoms with Gasteiger partial charge >= 0.3 is 5.97 Å². The van der Waals surface area contributed by atoms with Crippen LogP contribution in [0.2, 0.25) is 5.02 Å². The molecule has 3 rings (SSSR count). The van der Waals surface area contributed by atoms with Crippen LogP contribution in [0.4, 0.5) is 0 Å². The normalized spacial score (nSPS) is 28.0. The highest BCUT2D eigenvalue weighted by Crippen LogP contribution is 2.48. The van der Waals surface area contributed by atoms with Gasteiger partial charge in [-0.25, -0.2) is 0 Å². The first-order valence-corrected chi connectivity index (χ1v) is 9.53. The number of carboxylic acids is 1. The lowest BCUT2D eigenvalue weighted by Gasteiger charge is -2.48. The molecule has 1 amide bonds. The number of hydrogen-bond donors (Lipinski definition) is 1. The molecule has 0 spiro atoms. The number of carbonyl (C=O) groups is 2. The number of amides is 1. The summed E-state index contributed by atoms with van der Waals surface area (Å²) in [7, 11) is 0. The maximum atomic E-state index is 13.4. The molecule has 136 valence electrons. The molecule has 0 aromatic heterocycles. The lowest BCUT2D eigenvalue weighted by Crippen LogP contribution is -2.54. The van der Waals surface area contributed by atoms with Gasteiger partial charge < -0.3 is 10.0 Å². The Labute approximate surface area is 154 Å². The number of halogens is 1. The van der Waals surface area contributed by atoms with Crippen LogP contribution < -0.4 is 0 Å². The summed E-state index contributed by atoms with van der Waals surface area (Å²) >= 11 is 6.02. The molecule has 1 aromatic carbocycles. The molecule has 1 unspecified atom stereocenters. The molecule has 3 atom stereocenters. The van der Waals surface area contributed by atoms with Gasteiger partial charge in [-0.3, -0.25) is 9.59 Å². The van der Waals surface area contributed by atoms with Crippen molar-refractivity contribution < 1.29 is 14.7 Å². The van der Waals surface area contributed by atoms with Gasteiger partial charge in [0.05, 0.1) is 17.9 Å². The molecular weight excluding hydrogens is 338 g/mol. The molecule has 0 radical (unpaired) electrons. The fourth-order valence-electron chi connectivity index (χ4n) is 4.28. The van der Waals surface area contributed by atoms with Gasteiger partial charge in [0.1, 0.15) is 0 Å². The van der Waals surface area contributed by atoms with Gasteiger partial charge in [0.15, 0.2) is 0 Å². The topological polar surface area (TPSA) is 57.6 Å². The van der Waals surface area contributed by atoms with Crippen LogP contribution in [0.5, 0.6) is 0 Å². The Morgan fingerprint density at radius 3 is 2.48 bits per heavy atom. The molecule has 1 aliphatic carbocycles. The molecule has 1 saturated carbocycles. The van der Waals surface area contributed by atoms with Crippen LogP contribution in [-0.4, -0.2) is 27.9 Å². The summed E-state index contributed by atoms with van der Waals surface area (Å²) in [6.07, 6.45) is 4.51. The SMILES string of the molecule is CCC(C1CC1)N1C(=O)[C@@](C)(CC(=O)O)CC[C@H]1c1ccc(Cl)cc1. The Bertz CT molecular complexity index is 655. The predicted octanol–water partition coefficient (Wildman–Crippen LogP) is 4.67. The van der Waals surface area contributed by atoms with Crippen molar-refractivity contribution in [1.82, 2.24) is 4.90 Å². The van der Waals surface area contributed by atoms with Crippen LogP contribution in [0.15, 0.2) is 24.3 Å². The summed E-state index contributed by atoms with van der Waals surface area (Å²) in [6, 6.07) is 7.92. The van der Waals surface area contributed by atoms with E-state index in [1.54, 1.807) is 0 Å². The Hall–Kier alpha value is -1.55. The Morgan fingerprint density at radius 1 is 1.32 bits per heavy atom. The molecule has 4 nitrogen and oxygen atoms in total. The van der Waals surface area contributed by atoms with Crippen molar-refractivity contribution in [3.8, 4) is 0 Å². The van der Waals surface area contributed by atoms with Crippen molar-refractivity contribution in [3.05, 3.63) is 34.9 Å². The number of benzene rings is 1. The third kappa shape index (κ3) is 3.69. The van der Waals surface area contributed by atoms with Crippen LogP contribution in [0.25, 0.3) is 0 Å². The van der Waals surface area contributed by atoms with Crippen molar-refractivity contribution in [2.45, 2.75) is 64.5 Å². The molecule has 1 aliphatic heterocycles. The highest BCUT2D eigenvalue weighted by molar-refractivity contribution is 6.30. The number of carbonyl (C=O) groups excluding carboxylic acids is 1. The molecule has 1 saturated heterocycles. The number of rotatable bonds is 6. The number of aliphatic carboxylic acids is 1. The van der Waals surface area contributed by atoms with E-state index >= 15 is 0 Å². The molecule has 25 heavy (non-hydrogen) atoms. The van der Waals surface area contributed by atoms with Gasteiger partial charge in [-0.15, -0.1) is 0 Å². The fourth-order valence-corrected chi connectivity index (χ4v) is 4.41. The van der Waals surface area contributed by atoms with Crippen molar-refractivity contribution in [1.29, 1.82) is 0 Å². The maximum absolute atomic E-state index is 13.4. The summed E-state index contributed by atoms with van der Waals surface area (Å²) in [6.45, 7) is 3.94. The van der Waals surface area contributed by atoms with E-state index in [9.17, 15) is 14.7 Å². The van der Waals surface area contributed by atoms with E-state index in [2.05, 4.69) is 6.92 Å². The van der Waals surface area contributed by atoms with Crippen LogP contribution in [0, 0.1) is 11.3 Å². The van der Waals surface area contributed by atoms with Crippen molar-refractivity contribution in [3.63, 3.8) is 0 Å². The third-order valence-corrected chi connectivity index (χ3v) is 6.05. The molecule has 1 heterocycles. The first-order chi connectivity index (χ1) is 11.9. The first kappa shape index (κ1) is 18.2. The van der Waals surface area contributed by atoms with Crippen molar-refractivity contribution in [2.24, 2.45) is 11.3 Å². The van der Waals surface area contributed by atoms with E-state index in [0.29, 0.717) is 17.4 Å². The Kier molecular flexibility index (Phi) is 5.10. The van der Waals surface area contributed by atoms with E-state index in [1.165, 1.54) is 0 Å². The van der Waals surface area contributed by atoms with Crippen LogP contribution in [-0.2, 0) is 9.59 Å². The molecule has 2 fully saturated rings. The standard InChI is InChI=1S/C20H26ClNO3/c1-3-16(13-4-5-13)22-17(14-6-8-15(21)9-7-14)10-11-20(2,19(22)25)12-18(23)24/h6-9,13,16-17H,3-5,10-12H2,1-2H3,(H,23,24)/t16?,17-,20+/m0/s1. The van der Waals surface area contributed by atoms with E-state index in [-0.39, 0.29) is 24.4 Å². The predicted molar refractivity (Wildman–Crippen MR) is 97.4 cm³/mol. The third-order valence-electron chi connectivity index (χ3n) is 5.79. The monoisotopic (exact) mass is 363 g/mol. The summed E-state index contributed by atoms with van der Waals surface area (Å²) in [4.78, 5) is 26.7. The number of hydrogen-bond acceptors (Lipinski definition) is 2. The summed E-state index contributed by atoms with van der Waals surface area (Å²) in [5.41, 5.74) is 0.283. The van der Waals surface area contributed by atoms with Gasteiger partial charge in [-0.2, -0.15) is 0 Å².